The van der Waals surface area contributed by atoms with Crippen molar-refractivity contribution in [3.63, 3.8) is 0 Å². The summed E-state index contributed by atoms with van der Waals surface area (Å²) in [6, 6.07) is 16.2. The number of carbonyl (C=O) groups excluding carboxylic acids is 4. The number of hydrogen-bond acceptors (Lipinski definition) is 8. The van der Waals surface area contributed by atoms with Crippen LogP contribution in [-0.4, -0.2) is 84.7 Å². The third kappa shape index (κ3) is 11.2. The highest BCUT2D eigenvalue weighted by atomic mass is 16.6. The molecular formula is C33H46N4O7. The minimum absolute atomic E-state index is 0.0513. The van der Waals surface area contributed by atoms with Crippen LogP contribution >= 0.6 is 0 Å². The van der Waals surface area contributed by atoms with Crippen molar-refractivity contribution in [3.8, 4) is 5.75 Å². The normalized spacial score (nSPS) is 18.4. The van der Waals surface area contributed by atoms with E-state index in [-0.39, 0.29) is 37.7 Å². The van der Waals surface area contributed by atoms with E-state index in [4.69, 9.17) is 19.9 Å². The zero-order chi connectivity index (χ0) is 32.1. The lowest BCUT2D eigenvalue weighted by Gasteiger charge is -2.29. The molecule has 0 aliphatic carbocycles. The summed E-state index contributed by atoms with van der Waals surface area (Å²) in [5, 5.41) is 2.49. The number of rotatable bonds is 10. The van der Waals surface area contributed by atoms with Crippen molar-refractivity contribution < 1.29 is 33.4 Å². The fourth-order valence-electron chi connectivity index (χ4n) is 5.19. The first-order valence-electron chi connectivity index (χ1n) is 15.1. The number of likely N-dealkylation sites (N-methyl/N-ethyl adjacent to an activating group) is 1. The van der Waals surface area contributed by atoms with Gasteiger partial charge in [0.1, 0.15) is 30.3 Å². The fourth-order valence-corrected chi connectivity index (χ4v) is 5.19. The van der Waals surface area contributed by atoms with Crippen molar-refractivity contribution >= 4 is 24.4 Å². The van der Waals surface area contributed by atoms with Gasteiger partial charge in [-0.3, -0.25) is 9.69 Å². The van der Waals surface area contributed by atoms with Crippen LogP contribution in [0.3, 0.4) is 0 Å². The summed E-state index contributed by atoms with van der Waals surface area (Å²) in [7, 11) is 1.84. The zero-order valence-corrected chi connectivity index (χ0v) is 26.2. The summed E-state index contributed by atoms with van der Waals surface area (Å²) >= 11 is 0. The number of nitrogens with one attached hydrogen (secondary N) is 1. The number of aldehydes is 1. The second-order valence-electron chi connectivity index (χ2n) is 12.0. The Morgan fingerprint density at radius 3 is 2.45 bits per heavy atom. The number of aryl methyl sites for hydroxylation is 1. The summed E-state index contributed by atoms with van der Waals surface area (Å²) in [5.41, 5.74) is 6.92. The van der Waals surface area contributed by atoms with Gasteiger partial charge in [-0.25, -0.2) is 9.59 Å². The maximum absolute atomic E-state index is 12.9. The van der Waals surface area contributed by atoms with Gasteiger partial charge in [-0.05, 0) is 77.1 Å². The molecule has 44 heavy (non-hydrogen) atoms. The van der Waals surface area contributed by atoms with Crippen LogP contribution in [0.25, 0.3) is 0 Å². The lowest BCUT2D eigenvalue weighted by molar-refractivity contribution is -0.122. The Morgan fingerprint density at radius 2 is 1.82 bits per heavy atom. The highest BCUT2D eigenvalue weighted by Gasteiger charge is 2.34. The number of primary amides is 1. The molecule has 3 atom stereocenters. The Balaban J connectivity index is 0.000000440. The highest BCUT2D eigenvalue weighted by molar-refractivity contribution is 5.80. The van der Waals surface area contributed by atoms with Gasteiger partial charge in [-0.1, -0.05) is 48.5 Å². The van der Waals surface area contributed by atoms with Gasteiger partial charge in [0.15, 0.2) is 0 Å². The van der Waals surface area contributed by atoms with Gasteiger partial charge in [0, 0.05) is 12.6 Å². The molecule has 2 aliphatic rings. The van der Waals surface area contributed by atoms with Gasteiger partial charge in [0.2, 0.25) is 5.91 Å². The molecule has 1 fully saturated rings. The second kappa shape index (κ2) is 16.7. The van der Waals surface area contributed by atoms with Gasteiger partial charge < -0.3 is 35.0 Å². The quantitative estimate of drug-likeness (QED) is 0.384. The average molecular weight is 611 g/mol. The molecule has 3 amide bonds. The topological polar surface area (TPSA) is 140 Å². The van der Waals surface area contributed by atoms with Crippen molar-refractivity contribution in [3.05, 3.63) is 65.7 Å². The van der Waals surface area contributed by atoms with Crippen LogP contribution in [0.5, 0.6) is 5.75 Å². The zero-order valence-electron chi connectivity index (χ0n) is 26.2. The molecule has 11 nitrogen and oxygen atoms in total. The molecule has 3 unspecified atom stereocenters. The number of benzene rings is 2. The monoisotopic (exact) mass is 610 g/mol. The van der Waals surface area contributed by atoms with E-state index in [0.29, 0.717) is 19.1 Å². The number of likely N-dealkylation sites (tertiary alicyclic amines) is 1. The number of hydrogen-bond donors (Lipinski definition) is 2. The molecule has 2 aliphatic heterocycles. The summed E-state index contributed by atoms with van der Waals surface area (Å²) in [6.07, 6.45) is 3.53. The van der Waals surface area contributed by atoms with Crippen LogP contribution in [0.2, 0.25) is 0 Å². The number of carbonyl (C=O) groups is 4. The summed E-state index contributed by atoms with van der Waals surface area (Å²) in [6.45, 7) is 6.31. The number of nitrogens with zero attached hydrogens (tertiary/aromatic N) is 2. The van der Waals surface area contributed by atoms with E-state index in [1.54, 1.807) is 20.8 Å². The molecule has 240 valence electrons. The SMILES string of the molecule is CN1C(CCN(CC(C=O)NC(=O)OC(C)(C)C)C(=O)OCc2ccccc2)CCC1C(N)=O.c1ccc2c(c1)CCCO2. The molecule has 0 saturated carbocycles. The van der Waals surface area contributed by atoms with E-state index in [2.05, 4.69) is 17.4 Å². The Morgan fingerprint density at radius 1 is 1.11 bits per heavy atom. The summed E-state index contributed by atoms with van der Waals surface area (Å²) in [5.74, 6) is 0.709. The van der Waals surface area contributed by atoms with Crippen LogP contribution in [0.15, 0.2) is 54.6 Å². The Bertz CT molecular complexity index is 1210. The first kappa shape index (κ1) is 34.4. The van der Waals surface area contributed by atoms with Crippen LogP contribution in [-0.2, 0) is 32.1 Å². The molecule has 2 heterocycles. The first-order chi connectivity index (χ1) is 21.0. The lowest BCUT2D eigenvalue weighted by atomic mass is 10.1. The molecule has 0 bridgehead atoms. The van der Waals surface area contributed by atoms with Gasteiger partial charge in [-0.2, -0.15) is 0 Å². The van der Waals surface area contributed by atoms with Crippen LogP contribution in [0.1, 0.15) is 57.6 Å². The van der Waals surface area contributed by atoms with E-state index in [1.165, 1.54) is 16.9 Å². The number of nitrogens with two attached hydrogens (primary N) is 1. The van der Waals surface area contributed by atoms with E-state index in [1.807, 2.05) is 54.4 Å². The summed E-state index contributed by atoms with van der Waals surface area (Å²) in [4.78, 5) is 51.6. The maximum atomic E-state index is 12.9. The largest absolute Gasteiger partial charge is 0.493 e. The molecule has 4 rings (SSSR count). The number of para-hydroxylation sites is 1. The van der Waals surface area contributed by atoms with Gasteiger partial charge in [0.05, 0.1) is 19.2 Å². The van der Waals surface area contributed by atoms with Gasteiger partial charge >= 0.3 is 12.2 Å². The Labute approximate surface area is 260 Å². The maximum Gasteiger partial charge on any atom is 0.410 e. The molecular weight excluding hydrogens is 564 g/mol. The lowest BCUT2D eigenvalue weighted by Crippen LogP contribution is -2.49. The minimum atomic E-state index is -0.973. The molecule has 0 aromatic heterocycles. The third-order valence-electron chi connectivity index (χ3n) is 7.47. The molecule has 0 radical (unpaired) electrons. The highest BCUT2D eigenvalue weighted by Crippen LogP contribution is 2.25. The minimum Gasteiger partial charge on any atom is -0.493 e. The third-order valence-corrected chi connectivity index (χ3v) is 7.47. The van der Waals surface area contributed by atoms with Crippen molar-refractivity contribution in [1.29, 1.82) is 0 Å². The number of ether oxygens (including phenoxy) is 3. The van der Waals surface area contributed by atoms with Gasteiger partial charge in [-0.15, -0.1) is 0 Å². The predicted octanol–water partition coefficient (Wildman–Crippen LogP) is 4.07. The van der Waals surface area contributed by atoms with E-state index < -0.39 is 23.8 Å². The average Bonchev–Trinajstić information content (AvgIpc) is 3.37. The molecule has 0 spiro atoms. The van der Waals surface area contributed by atoms with Crippen molar-refractivity contribution in [2.45, 2.75) is 83.2 Å². The molecule has 11 heteroatoms. The van der Waals surface area contributed by atoms with Crippen molar-refractivity contribution in [1.82, 2.24) is 15.1 Å². The number of alkyl carbamates (subject to hydrolysis) is 1. The molecule has 1 saturated heterocycles. The summed E-state index contributed by atoms with van der Waals surface area (Å²) < 4.78 is 16.1. The number of fused-ring (bicyclic) bond motifs is 1. The molecule has 2 aromatic carbocycles. The van der Waals surface area contributed by atoms with Crippen molar-refractivity contribution in [2.24, 2.45) is 5.73 Å². The van der Waals surface area contributed by atoms with Crippen molar-refractivity contribution in [2.75, 3.05) is 26.7 Å². The van der Waals surface area contributed by atoms with E-state index in [9.17, 15) is 19.2 Å². The smallest absolute Gasteiger partial charge is 0.410 e. The Hall–Kier alpha value is -4.12. The molecule has 3 N–H and O–H groups in total. The number of amides is 3. The van der Waals surface area contributed by atoms with Crippen LogP contribution in [0, 0.1) is 0 Å². The second-order valence-corrected chi connectivity index (χ2v) is 12.0. The first-order valence-corrected chi connectivity index (χ1v) is 15.1. The standard InChI is InChI=1S/C24H36N4O6.C9H10O/c1-24(2,3)34-22(31)26-18(15-29)14-28(23(32)33-16-17-8-6-5-7-9-17)13-12-19-10-11-20(21(25)30)27(19)4;1-2-6-9-8(4-1)5-3-7-10-9/h5-9,15,18-20H,10-14,16H2,1-4H3,(H2,25,30)(H,26,31);1-2,4,6H,3,5,7H2. The van der Waals surface area contributed by atoms with Gasteiger partial charge in [0.25, 0.3) is 0 Å². The Kier molecular flexibility index (Phi) is 13.0. The van der Waals surface area contributed by atoms with Crippen LogP contribution in [0.4, 0.5) is 9.59 Å². The van der Waals surface area contributed by atoms with E-state index >= 15 is 0 Å². The van der Waals surface area contributed by atoms with E-state index in [0.717, 1.165) is 30.8 Å². The molecule has 2 aromatic rings. The fraction of sp³-hybridized carbons (Fsp3) is 0.515. The van der Waals surface area contributed by atoms with Crippen LogP contribution < -0.4 is 15.8 Å². The predicted molar refractivity (Wildman–Crippen MR) is 166 cm³/mol.